The number of nitrogens with two attached hydrogens (primary N) is 1. The third-order valence-electron chi connectivity index (χ3n) is 2.49. The van der Waals surface area contributed by atoms with Crippen LogP contribution in [0, 0.1) is 0 Å². The second-order valence-electron chi connectivity index (χ2n) is 3.84. The Hall–Kier alpha value is -0.480. The summed E-state index contributed by atoms with van der Waals surface area (Å²) in [7, 11) is 0. The molecule has 2 aromatic carbocycles. The zero-order valence-electron chi connectivity index (χ0n) is 9.70. The third-order valence-corrected chi connectivity index (χ3v) is 5.00. The maximum atomic E-state index is 6.15. The Bertz CT molecular complexity index is 545. The van der Waals surface area contributed by atoms with Gasteiger partial charge in [-0.25, -0.2) is 0 Å². The topological polar surface area (TPSA) is 26.0 Å². The van der Waals surface area contributed by atoms with Gasteiger partial charge in [-0.1, -0.05) is 41.6 Å². The molecule has 4 heteroatoms. The van der Waals surface area contributed by atoms with Gasteiger partial charge in [0.05, 0.1) is 5.02 Å². The standard InChI is InChI=1S/C14H13BrClNS/c15-11-9-10(7-8-17)5-6-13(11)18-14-4-2-1-3-12(14)16/h1-6,9H,7-8,17H2. The maximum Gasteiger partial charge on any atom is 0.0545 e. The molecule has 0 saturated carbocycles. The highest BCUT2D eigenvalue weighted by molar-refractivity contribution is 9.10. The fraction of sp³-hybridized carbons (Fsp3) is 0.143. The lowest BCUT2D eigenvalue weighted by atomic mass is 10.2. The third kappa shape index (κ3) is 3.51. The van der Waals surface area contributed by atoms with Crippen LogP contribution in [0.1, 0.15) is 5.56 Å². The molecule has 0 spiro atoms. The van der Waals surface area contributed by atoms with Crippen LogP contribution in [0.25, 0.3) is 0 Å². The molecule has 0 aliphatic rings. The van der Waals surface area contributed by atoms with Gasteiger partial charge >= 0.3 is 0 Å². The van der Waals surface area contributed by atoms with E-state index < -0.39 is 0 Å². The monoisotopic (exact) mass is 341 g/mol. The van der Waals surface area contributed by atoms with Crippen molar-refractivity contribution in [3.05, 3.63) is 57.5 Å². The van der Waals surface area contributed by atoms with Gasteiger partial charge < -0.3 is 5.73 Å². The molecule has 0 aliphatic heterocycles. The smallest absolute Gasteiger partial charge is 0.0545 e. The second kappa shape index (κ2) is 6.62. The normalized spacial score (nSPS) is 10.6. The zero-order valence-corrected chi connectivity index (χ0v) is 12.9. The Morgan fingerprint density at radius 1 is 1.11 bits per heavy atom. The minimum atomic E-state index is 0.670. The van der Waals surface area contributed by atoms with Crippen LogP contribution in [0.3, 0.4) is 0 Å². The Morgan fingerprint density at radius 2 is 1.89 bits per heavy atom. The largest absolute Gasteiger partial charge is 0.330 e. The molecule has 0 fully saturated rings. The Labute approximate surface area is 125 Å². The van der Waals surface area contributed by atoms with Crippen molar-refractivity contribution in [2.45, 2.75) is 16.2 Å². The summed E-state index contributed by atoms with van der Waals surface area (Å²) < 4.78 is 1.08. The lowest BCUT2D eigenvalue weighted by Gasteiger charge is -2.08. The van der Waals surface area contributed by atoms with Gasteiger partial charge in [0.25, 0.3) is 0 Å². The summed E-state index contributed by atoms with van der Waals surface area (Å²) >= 11 is 11.4. The van der Waals surface area contributed by atoms with Crippen LogP contribution in [-0.2, 0) is 6.42 Å². The molecule has 0 aliphatic carbocycles. The van der Waals surface area contributed by atoms with Crippen LogP contribution in [0.2, 0.25) is 5.02 Å². The van der Waals surface area contributed by atoms with E-state index in [0.29, 0.717) is 6.54 Å². The zero-order chi connectivity index (χ0) is 13.0. The SMILES string of the molecule is NCCc1ccc(Sc2ccccc2Cl)c(Br)c1. The molecule has 1 nitrogen and oxygen atoms in total. The van der Waals surface area contributed by atoms with Crippen molar-refractivity contribution in [3.8, 4) is 0 Å². The fourth-order valence-corrected chi connectivity index (χ4v) is 3.36. The van der Waals surface area contributed by atoms with E-state index in [1.165, 1.54) is 5.56 Å². The van der Waals surface area contributed by atoms with E-state index in [2.05, 4.69) is 34.1 Å². The van der Waals surface area contributed by atoms with E-state index in [1.807, 2.05) is 24.3 Å². The van der Waals surface area contributed by atoms with E-state index >= 15 is 0 Å². The summed E-state index contributed by atoms with van der Waals surface area (Å²) in [5.41, 5.74) is 6.80. The molecular formula is C14H13BrClNS. The van der Waals surface area contributed by atoms with Crippen molar-refractivity contribution >= 4 is 39.3 Å². The van der Waals surface area contributed by atoms with Crippen LogP contribution >= 0.6 is 39.3 Å². The van der Waals surface area contributed by atoms with Gasteiger partial charge in [-0.15, -0.1) is 0 Å². The maximum absolute atomic E-state index is 6.15. The van der Waals surface area contributed by atoms with Crippen molar-refractivity contribution in [2.75, 3.05) is 6.54 Å². The molecule has 94 valence electrons. The molecule has 2 N–H and O–H groups in total. The van der Waals surface area contributed by atoms with Crippen LogP contribution in [0.15, 0.2) is 56.7 Å². The summed E-state index contributed by atoms with van der Waals surface area (Å²) in [4.78, 5) is 2.22. The highest BCUT2D eigenvalue weighted by Gasteiger charge is 2.06. The number of halogens is 2. The van der Waals surface area contributed by atoms with Gasteiger partial charge in [-0.2, -0.15) is 0 Å². The summed E-state index contributed by atoms with van der Waals surface area (Å²) in [6.45, 7) is 0.670. The summed E-state index contributed by atoms with van der Waals surface area (Å²) in [5.74, 6) is 0. The first-order chi connectivity index (χ1) is 8.70. The van der Waals surface area contributed by atoms with Gasteiger partial charge in [-0.05, 0) is 58.7 Å². The van der Waals surface area contributed by atoms with Gasteiger partial charge in [-0.3, -0.25) is 0 Å². The van der Waals surface area contributed by atoms with E-state index in [0.717, 1.165) is 25.7 Å². The van der Waals surface area contributed by atoms with Crippen molar-refractivity contribution in [3.63, 3.8) is 0 Å². The molecule has 0 aromatic heterocycles. The Morgan fingerprint density at radius 3 is 2.56 bits per heavy atom. The second-order valence-corrected chi connectivity index (χ2v) is 6.18. The number of rotatable bonds is 4. The molecule has 0 bridgehead atoms. The predicted molar refractivity (Wildman–Crippen MR) is 82.5 cm³/mol. The van der Waals surface area contributed by atoms with Crippen LogP contribution < -0.4 is 5.73 Å². The van der Waals surface area contributed by atoms with Crippen LogP contribution in [0.5, 0.6) is 0 Å². The van der Waals surface area contributed by atoms with E-state index in [1.54, 1.807) is 11.8 Å². The molecule has 2 aromatic rings. The van der Waals surface area contributed by atoms with Crippen LogP contribution in [-0.4, -0.2) is 6.54 Å². The first-order valence-electron chi connectivity index (χ1n) is 5.61. The minimum Gasteiger partial charge on any atom is -0.330 e. The molecule has 0 heterocycles. The highest BCUT2D eigenvalue weighted by atomic mass is 79.9. The molecule has 0 atom stereocenters. The van der Waals surface area contributed by atoms with E-state index in [9.17, 15) is 0 Å². The quantitative estimate of drug-likeness (QED) is 0.867. The summed E-state index contributed by atoms with van der Waals surface area (Å²) in [6, 6.07) is 14.2. The van der Waals surface area contributed by atoms with Gasteiger partial charge in [0.2, 0.25) is 0 Å². The molecular weight excluding hydrogens is 330 g/mol. The Kier molecular flexibility index (Phi) is 5.13. The van der Waals surface area contributed by atoms with Crippen LogP contribution in [0.4, 0.5) is 0 Å². The first-order valence-corrected chi connectivity index (χ1v) is 7.60. The fourth-order valence-electron chi connectivity index (χ4n) is 1.60. The summed E-state index contributed by atoms with van der Waals surface area (Å²) in [5, 5.41) is 0.778. The predicted octanol–water partition coefficient (Wildman–Crippen LogP) is 4.75. The van der Waals surface area contributed by atoms with Crippen molar-refractivity contribution < 1.29 is 0 Å². The van der Waals surface area contributed by atoms with Gasteiger partial charge in [0, 0.05) is 14.3 Å². The molecule has 0 radical (unpaired) electrons. The molecule has 0 saturated heterocycles. The lowest BCUT2D eigenvalue weighted by molar-refractivity contribution is 0.965. The van der Waals surface area contributed by atoms with Gasteiger partial charge in [0.1, 0.15) is 0 Å². The Balaban J connectivity index is 2.22. The number of hydrogen-bond acceptors (Lipinski definition) is 2. The summed E-state index contributed by atoms with van der Waals surface area (Å²) in [6.07, 6.45) is 0.898. The molecule has 0 unspecified atom stereocenters. The first kappa shape index (κ1) is 13.9. The average molecular weight is 343 g/mol. The van der Waals surface area contributed by atoms with Crippen molar-refractivity contribution in [1.29, 1.82) is 0 Å². The van der Waals surface area contributed by atoms with Gasteiger partial charge in [0.15, 0.2) is 0 Å². The minimum absolute atomic E-state index is 0.670. The molecule has 18 heavy (non-hydrogen) atoms. The average Bonchev–Trinajstić information content (AvgIpc) is 2.35. The number of hydrogen-bond donors (Lipinski definition) is 1. The highest BCUT2D eigenvalue weighted by Crippen LogP contribution is 2.37. The molecule has 0 amide bonds. The van der Waals surface area contributed by atoms with E-state index in [-0.39, 0.29) is 0 Å². The van der Waals surface area contributed by atoms with Crippen molar-refractivity contribution in [1.82, 2.24) is 0 Å². The lowest BCUT2D eigenvalue weighted by Crippen LogP contribution is -2.02. The number of benzene rings is 2. The van der Waals surface area contributed by atoms with Crippen molar-refractivity contribution in [2.24, 2.45) is 5.73 Å². The van der Waals surface area contributed by atoms with E-state index in [4.69, 9.17) is 17.3 Å². The molecule has 2 rings (SSSR count).